The minimum atomic E-state index is -0.457. The van der Waals surface area contributed by atoms with Crippen LogP contribution in [0.1, 0.15) is 28.2 Å². The standard InChI is InChI=1S/C18H19N5O4S/c1-10-13-15(19-9-20-17(13)27-22-10)23-6-3-4-11(8-23)16(24)21-12-5-7-28-14(12)18(25)26-2/h5,7,9,11H,3-4,6,8H2,1-2H3,(H,21,24)/t11-/m1/s1. The van der Waals surface area contributed by atoms with Crippen LogP contribution in [0.25, 0.3) is 11.1 Å². The number of amides is 1. The first-order chi connectivity index (χ1) is 13.6. The zero-order chi connectivity index (χ0) is 19.7. The topological polar surface area (TPSA) is 110 Å². The summed E-state index contributed by atoms with van der Waals surface area (Å²) >= 11 is 1.24. The average molecular weight is 401 g/mol. The number of piperidine rings is 1. The summed E-state index contributed by atoms with van der Waals surface area (Å²) in [5.74, 6) is -0.0844. The van der Waals surface area contributed by atoms with Gasteiger partial charge in [-0.25, -0.2) is 9.78 Å². The summed E-state index contributed by atoms with van der Waals surface area (Å²) in [5, 5.41) is 9.36. The van der Waals surface area contributed by atoms with E-state index in [0.29, 0.717) is 22.8 Å². The monoisotopic (exact) mass is 401 g/mol. The molecule has 1 fully saturated rings. The molecule has 4 heterocycles. The second-order valence-corrected chi connectivity index (χ2v) is 7.49. The van der Waals surface area contributed by atoms with Gasteiger partial charge in [0, 0.05) is 13.1 Å². The lowest BCUT2D eigenvalue weighted by Gasteiger charge is -2.33. The van der Waals surface area contributed by atoms with Crippen LogP contribution in [-0.2, 0) is 9.53 Å². The third kappa shape index (κ3) is 3.31. The number of carbonyl (C=O) groups excluding carboxylic acids is 2. The smallest absolute Gasteiger partial charge is 0.350 e. The van der Waals surface area contributed by atoms with E-state index >= 15 is 0 Å². The van der Waals surface area contributed by atoms with Crippen LogP contribution in [0.4, 0.5) is 11.5 Å². The minimum absolute atomic E-state index is 0.124. The van der Waals surface area contributed by atoms with Crippen molar-refractivity contribution in [1.29, 1.82) is 0 Å². The second kappa shape index (κ2) is 7.55. The number of ether oxygens (including phenoxy) is 1. The maximum absolute atomic E-state index is 12.8. The number of aromatic nitrogens is 3. The van der Waals surface area contributed by atoms with E-state index in [4.69, 9.17) is 9.26 Å². The van der Waals surface area contributed by atoms with E-state index in [1.54, 1.807) is 11.4 Å². The lowest BCUT2D eigenvalue weighted by Crippen LogP contribution is -2.41. The van der Waals surface area contributed by atoms with Gasteiger partial charge in [0.25, 0.3) is 5.71 Å². The van der Waals surface area contributed by atoms with Gasteiger partial charge in [0.2, 0.25) is 5.91 Å². The van der Waals surface area contributed by atoms with Gasteiger partial charge in [0.15, 0.2) is 0 Å². The molecule has 1 amide bonds. The van der Waals surface area contributed by atoms with Crippen LogP contribution in [0, 0.1) is 12.8 Å². The van der Waals surface area contributed by atoms with Crippen molar-refractivity contribution in [3.8, 4) is 0 Å². The molecule has 0 unspecified atom stereocenters. The summed E-state index contributed by atoms with van der Waals surface area (Å²) < 4.78 is 9.99. The lowest BCUT2D eigenvalue weighted by molar-refractivity contribution is -0.120. The van der Waals surface area contributed by atoms with Crippen LogP contribution in [0.5, 0.6) is 0 Å². The molecule has 0 radical (unpaired) electrons. The van der Waals surface area contributed by atoms with Gasteiger partial charge in [-0.3, -0.25) is 4.79 Å². The van der Waals surface area contributed by atoms with Crippen molar-refractivity contribution in [3.05, 3.63) is 28.3 Å². The first kappa shape index (κ1) is 18.4. The van der Waals surface area contributed by atoms with E-state index in [2.05, 4.69) is 25.3 Å². The van der Waals surface area contributed by atoms with Crippen molar-refractivity contribution in [1.82, 2.24) is 15.1 Å². The number of thiophene rings is 1. The van der Waals surface area contributed by atoms with E-state index in [9.17, 15) is 9.59 Å². The van der Waals surface area contributed by atoms with Gasteiger partial charge in [0.05, 0.1) is 24.4 Å². The average Bonchev–Trinajstić information content (AvgIpc) is 3.34. The number of hydrogen-bond acceptors (Lipinski definition) is 9. The summed E-state index contributed by atoms with van der Waals surface area (Å²) in [6.45, 7) is 3.14. The molecule has 1 aliphatic rings. The quantitative estimate of drug-likeness (QED) is 0.664. The van der Waals surface area contributed by atoms with Crippen molar-refractivity contribution < 1.29 is 18.8 Å². The predicted octanol–water partition coefficient (Wildman–Crippen LogP) is 2.63. The number of esters is 1. The van der Waals surface area contributed by atoms with E-state index in [1.807, 2.05) is 6.92 Å². The number of rotatable bonds is 4. The number of aryl methyl sites for hydroxylation is 1. The Morgan fingerprint density at radius 2 is 2.25 bits per heavy atom. The summed E-state index contributed by atoms with van der Waals surface area (Å²) in [6, 6.07) is 1.71. The fourth-order valence-electron chi connectivity index (χ4n) is 3.42. The fraction of sp³-hybridized carbons (Fsp3) is 0.389. The highest BCUT2D eigenvalue weighted by Crippen LogP contribution is 2.30. The van der Waals surface area contributed by atoms with Crippen LogP contribution in [0.2, 0.25) is 0 Å². The molecule has 146 valence electrons. The molecule has 0 aliphatic carbocycles. The van der Waals surface area contributed by atoms with Crippen LogP contribution in [0.15, 0.2) is 22.3 Å². The van der Waals surface area contributed by atoms with Gasteiger partial charge in [-0.2, -0.15) is 4.98 Å². The Bertz CT molecular complexity index is 1030. The second-order valence-electron chi connectivity index (χ2n) is 6.57. The van der Waals surface area contributed by atoms with E-state index < -0.39 is 5.97 Å². The van der Waals surface area contributed by atoms with Crippen molar-refractivity contribution >= 4 is 45.8 Å². The Kier molecular flexibility index (Phi) is 4.95. The van der Waals surface area contributed by atoms with E-state index in [1.165, 1.54) is 24.8 Å². The first-order valence-corrected chi connectivity index (χ1v) is 9.75. The Morgan fingerprint density at radius 3 is 3.07 bits per heavy atom. The highest BCUT2D eigenvalue weighted by molar-refractivity contribution is 7.12. The maximum atomic E-state index is 12.8. The van der Waals surface area contributed by atoms with Gasteiger partial charge < -0.3 is 19.5 Å². The van der Waals surface area contributed by atoms with Crippen molar-refractivity contribution in [2.24, 2.45) is 5.92 Å². The summed E-state index contributed by atoms with van der Waals surface area (Å²) in [7, 11) is 1.32. The number of carbonyl (C=O) groups is 2. The summed E-state index contributed by atoms with van der Waals surface area (Å²) in [6.07, 6.45) is 3.05. The molecule has 1 atom stereocenters. The summed E-state index contributed by atoms with van der Waals surface area (Å²) in [4.78, 5) is 35.6. The van der Waals surface area contributed by atoms with Crippen molar-refractivity contribution in [2.75, 3.05) is 30.4 Å². The molecule has 1 aliphatic heterocycles. The number of nitrogens with one attached hydrogen (secondary N) is 1. The largest absolute Gasteiger partial charge is 0.465 e. The third-order valence-corrected chi connectivity index (χ3v) is 5.70. The normalized spacial score (nSPS) is 16.9. The molecule has 9 nitrogen and oxygen atoms in total. The van der Waals surface area contributed by atoms with Crippen LogP contribution in [-0.4, -0.2) is 47.2 Å². The Hall–Kier alpha value is -3.01. The van der Waals surface area contributed by atoms with Crippen LogP contribution >= 0.6 is 11.3 Å². The fourth-order valence-corrected chi connectivity index (χ4v) is 4.19. The zero-order valence-corrected chi connectivity index (χ0v) is 16.3. The minimum Gasteiger partial charge on any atom is -0.465 e. The Morgan fingerprint density at radius 1 is 1.39 bits per heavy atom. The number of anilines is 2. The zero-order valence-electron chi connectivity index (χ0n) is 15.5. The maximum Gasteiger partial charge on any atom is 0.350 e. The SMILES string of the molecule is COC(=O)c1sccc1NC(=O)[C@@H]1CCCN(c2ncnc3onc(C)c23)C1. The van der Waals surface area contributed by atoms with Gasteiger partial charge >= 0.3 is 5.97 Å². The first-order valence-electron chi connectivity index (χ1n) is 8.87. The van der Waals surface area contributed by atoms with Gasteiger partial charge in [-0.15, -0.1) is 11.3 Å². The van der Waals surface area contributed by atoms with Gasteiger partial charge in [-0.05, 0) is 31.2 Å². The molecule has 0 saturated carbocycles. The predicted molar refractivity (Wildman–Crippen MR) is 104 cm³/mol. The lowest BCUT2D eigenvalue weighted by atomic mass is 9.96. The molecule has 1 saturated heterocycles. The van der Waals surface area contributed by atoms with Crippen molar-refractivity contribution in [3.63, 3.8) is 0 Å². The van der Waals surface area contributed by atoms with Crippen molar-refractivity contribution in [2.45, 2.75) is 19.8 Å². The molecule has 4 rings (SSSR count). The van der Waals surface area contributed by atoms with Gasteiger partial charge in [0.1, 0.15) is 22.4 Å². The molecule has 3 aromatic heterocycles. The third-order valence-electron chi connectivity index (χ3n) is 4.81. The molecule has 0 aromatic carbocycles. The Balaban J connectivity index is 1.52. The Labute approximate surface area is 164 Å². The highest BCUT2D eigenvalue weighted by atomic mass is 32.1. The number of nitrogens with zero attached hydrogens (tertiary/aromatic N) is 4. The molecule has 3 aromatic rings. The summed E-state index contributed by atoms with van der Waals surface area (Å²) in [5.41, 5.74) is 1.64. The molecule has 0 spiro atoms. The van der Waals surface area contributed by atoms with Gasteiger partial charge in [-0.1, -0.05) is 5.16 Å². The molecule has 1 N–H and O–H groups in total. The molecular weight excluding hydrogens is 382 g/mol. The van der Waals surface area contributed by atoms with E-state index in [-0.39, 0.29) is 11.8 Å². The van der Waals surface area contributed by atoms with Crippen LogP contribution in [0.3, 0.4) is 0 Å². The molecular formula is C18H19N5O4S. The molecule has 28 heavy (non-hydrogen) atoms. The highest BCUT2D eigenvalue weighted by Gasteiger charge is 2.29. The number of hydrogen-bond donors (Lipinski definition) is 1. The van der Waals surface area contributed by atoms with E-state index in [0.717, 1.165) is 36.3 Å². The molecule has 0 bridgehead atoms. The molecule has 10 heteroatoms. The van der Waals surface area contributed by atoms with Crippen LogP contribution < -0.4 is 10.2 Å². The number of fused-ring (bicyclic) bond motifs is 1. The number of methoxy groups -OCH3 is 1.